The van der Waals surface area contributed by atoms with Gasteiger partial charge in [-0.25, -0.2) is 17.9 Å². The first-order valence-corrected chi connectivity index (χ1v) is 7.79. The number of benzene rings is 1. The first-order valence-electron chi connectivity index (χ1n) is 6.24. The van der Waals surface area contributed by atoms with Gasteiger partial charge >= 0.3 is 0 Å². The van der Waals surface area contributed by atoms with Gasteiger partial charge in [0.2, 0.25) is 10.0 Å². The SMILES string of the molecule is CC(C)CC(C)NC(=O)c1ccc(F)c(S(N)(=O)=O)c1. The van der Waals surface area contributed by atoms with Crippen molar-refractivity contribution in [2.45, 2.75) is 38.1 Å². The lowest BCUT2D eigenvalue weighted by Crippen LogP contribution is -2.33. The molecule has 0 saturated heterocycles. The van der Waals surface area contributed by atoms with Crippen LogP contribution in [0, 0.1) is 11.7 Å². The lowest BCUT2D eigenvalue weighted by Gasteiger charge is -2.16. The average Bonchev–Trinajstić information content (AvgIpc) is 2.26. The summed E-state index contributed by atoms with van der Waals surface area (Å²) in [6, 6.07) is 3.02. The summed E-state index contributed by atoms with van der Waals surface area (Å²) in [5, 5.41) is 7.62. The average molecular weight is 302 g/mol. The number of nitrogens with two attached hydrogens (primary N) is 1. The van der Waals surface area contributed by atoms with Gasteiger partial charge in [-0.1, -0.05) is 13.8 Å². The summed E-state index contributed by atoms with van der Waals surface area (Å²) in [6.07, 6.45) is 0.787. The number of hydrogen-bond donors (Lipinski definition) is 2. The molecule has 1 unspecified atom stereocenters. The second kappa shape index (κ2) is 6.32. The molecule has 0 aliphatic heterocycles. The summed E-state index contributed by atoms with van der Waals surface area (Å²) in [6.45, 7) is 5.90. The van der Waals surface area contributed by atoms with Crippen LogP contribution in [0.1, 0.15) is 37.6 Å². The molecule has 0 spiro atoms. The highest BCUT2D eigenvalue weighted by molar-refractivity contribution is 7.89. The van der Waals surface area contributed by atoms with Crippen LogP contribution in [0.5, 0.6) is 0 Å². The van der Waals surface area contributed by atoms with Gasteiger partial charge in [-0.2, -0.15) is 0 Å². The predicted molar refractivity (Wildman–Crippen MR) is 74.2 cm³/mol. The van der Waals surface area contributed by atoms with Gasteiger partial charge in [0.15, 0.2) is 0 Å². The molecule has 0 aliphatic carbocycles. The number of sulfonamides is 1. The molecule has 0 radical (unpaired) electrons. The molecule has 0 aromatic heterocycles. The Morgan fingerprint density at radius 1 is 1.35 bits per heavy atom. The van der Waals surface area contributed by atoms with Crippen LogP contribution in [0.15, 0.2) is 23.1 Å². The predicted octanol–water partition coefficient (Wildman–Crippen LogP) is 1.64. The van der Waals surface area contributed by atoms with Crippen molar-refractivity contribution < 1.29 is 17.6 Å². The molecule has 5 nitrogen and oxygen atoms in total. The summed E-state index contributed by atoms with van der Waals surface area (Å²) in [5.41, 5.74) is 0.0611. The van der Waals surface area contributed by atoms with Gasteiger partial charge in [0.05, 0.1) is 0 Å². The van der Waals surface area contributed by atoms with E-state index in [4.69, 9.17) is 5.14 Å². The van der Waals surface area contributed by atoms with Crippen LogP contribution >= 0.6 is 0 Å². The molecule has 3 N–H and O–H groups in total. The van der Waals surface area contributed by atoms with Crippen molar-refractivity contribution in [3.63, 3.8) is 0 Å². The van der Waals surface area contributed by atoms with Crippen LogP contribution in [0.4, 0.5) is 4.39 Å². The smallest absolute Gasteiger partial charge is 0.251 e. The minimum atomic E-state index is -4.19. The number of halogens is 1. The third-order valence-electron chi connectivity index (χ3n) is 2.70. The van der Waals surface area contributed by atoms with Crippen LogP contribution in [0.2, 0.25) is 0 Å². The molecule has 20 heavy (non-hydrogen) atoms. The van der Waals surface area contributed by atoms with Gasteiger partial charge in [0, 0.05) is 11.6 Å². The van der Waals surface area contributed by atoms with Crippen molar-refractivity contribution in [3.05, 3.63) is 29.6 Å². The molecule has 0 fully saturated rings. The Labute approximate surface area is 118 Å². The Kier molecular flexibility index (Phi) is 5.24. The van der Waals surface area contributed by atoms with E-state index in [1.54, 1.807) is 0 Å². The van der Waals surface area contributed by atoms with Gasteiger partial charge in [-0.3, -0.25) is 4.79 Å². The molecule has 0 aliphatic rings. The van der Waals surface area contributed by atoms with E-state index in [2.05, 4.69) is 5.32 Å². The van der Waals surface area contributed by atoms with Crippen LogP contribution in [0.3, 0.4) is 0 Å². The summed E-state index contributed by atoms with van der Waals surface area (Å²) in [7, 11) is -4.19. The molecule has 1 aromatic rings. The van der Waals surface area contributed by atoms with E-state index < -0.39 is 26.6 Å². The zero-order valence-corrected chi connectivity index (χ0v) is 12.5. The first kappa shape index (κ1) is 16.6. The van der Waals surface area contributed by atoms with Crippen molar-refractivity contribution in [2.75, 3.05) is 0 Å². The number of carbonyl (C=O) groups is 1. The second-order valence-corrected chi connectivity index (χ2v) is 6.72. The summed E-state index contributed by atoms with van der Waals surface area (Å²) in [5.74, 6) is -1.01. The molecule has 0 saturated carbocycles. The molecule has 1 atom stereocenters. The molecule has 0 bridgehead atoms. The summed E-state index contributed by atoms with van der Waals surface area (Å²) >= 11 is 0. The van der Waals surface area contributed by atoms with E-state index in [1.807, 2.05) is 20.8 Å². The fraction of sp³-hybridized carbons (Fsp3) is 0.462. The van der Waals surface area contributed by atoms with Gasteiger partial charge in [-0.05, 0) is 37.5 Å². The lowest BCUT2D eigenvalue weighted by atomic mass is 10.0. The van der Waals surface area contributed by atoms with Crippen LogP contribution < -0.4 is 10.5 Å². The van der Waals surface area contributed by atoms with E-state index in [9.17, 15) is 17.6 Å². The van der Waals surface area contributed by atoms with Crippen molar-refractivity contribution >= 4 is 15.9 Å². The molecule has 1 aromatic carbocycles. The normalized spacial score (nSPS) is 13.3. The molecule has 112 valence electrons. The third-order valence-corrected chi connectivity index (χ3v) is 3.63. The van der Waals surface area contributed by atoms with E-state index in [-0.39, 0.29) is 11.6 Å². The number of primary sulfonamides is 1. The summed E-state index contributed by atoms with van der Waals surface area (Å²) < 4.78 is 35.8. The first-order chi connectivity index (χ1) is 9.11. The Morgan fingerprint density at radius 3 is 2.45 bits per heavy atom. The van der Waals surface area contributed by atoms with Gasteiger partial charge in [0.1, 0.15) is 10.7 Å². The highest BCUT2D eigenvalue weighted by atomic mass is 32.2. The maximum absolute atomic E-state index is 13.4. The van der Waals surface area contributed by atoms with E-state index >= 15 is 0 Å². The lowest BCUT2D eigenvalue weighted by molar-refractivity contribution is 0.0936. The number of carbonyl (C=O) groups excluding carboxylic acids is 1. The quantitative estimate of drug-likeness (QED) is 0.866. The van der Waals surface area contributed by atoms with Crippen LogP contribution in [0.25, 0.3) is 0 Å². The van der Waals surface area contributed by atoms with Crippen molar-refractivity contribution in [2.24, 2.45) is 11.1 Å². The molecule has 1 amide bonds. The van der Waals surface area contributed by atoms with Crippen molar-refractivity contribution in [3.8, 4) is 0 Å². The second-order valence-electron chi connectivity index (χ2n) is 5.19. The Morgan fingerprint density at radius 2 is 1.95 bits per heavy atom. The molecule has 1 rings (SSSR count). The topological polar surface area (TPSA) is 89.3 Å². The number of hydrogen-bond acceptors (Lipinski definition) is 3. The molecular formula is C13H19FN2O3S. The van der Waals surface area contributed by atoms with Crippen molar-refractivity contribution in [1.29, 1.82) is 0 Å². The number of nitrogens with one attached hydrogen (secondary N) is 1. The fourth-order valence-electron chi connectivity index (χ4n) is 1.94. The van der Waals surface area contributed by atoms with Gasteiger partial charge < -0.3 is 5.32 Å². The van der Waals surface area contributed by atoms with E-state index in [1.165, 1.54) is 6.07 Å². The summed E-state index contributed by atoms with van der Waals surface area (Å²) in [4.78, 5) is 11.3. The maximum atomic E-state index is 13.4. The minimum Gasteiger partial charge on any atom is -0.350 e. The minimum absolute atomic E-state index is 0.0611. The highest BCUT2D eigenvalue weighted by Gasteiger charge is 2.18. The standard InChI is InChI=1S/C13H19FN2O3S/c1-8(2)6-9(3)16-13(17)10-4-5-11(14)12(7-10)20(15,18)19/h4-5,7-9H,6H2,1-3H3,(H,16,17)(H2,15,18,19). The highest BCUT2D eigenvalue weighted by Crippen LogP contribution is 2.15. The largest absolute Gasteiger partial charge is 0.350 e. The van der Waals surface area contributed by atoms with E-state index in [0.717, 1.165) is 18.6 Å². The van der Waals surface area contributed by atoms with Crippen molar-refractivity contribution in [1.82, 2.24) is 5.32 Å². The zero-order chi connectivity index (χ0) is 15.5. The molecular weight excluding hydrogens is 283 g/mol. The Hall–Kier alpha value is -1.47. The van der Waals surface area contributed by atoms with Gasteiger partial charge in [-0.15, -0.1) is 0 Å². The zero-order valence-electron chi connectivity index (χ0n) is 11.7. The monoisotopic (exact) mass is 302 g/mol. The van der Waals surface area contributed by atoms with Gasteiger partial charge in [0.25, 0.3) is 5.91 Å². The molecule has 7 heteroatoms. The van der Waals surface area contributed by atoms with E-state index in [0.29, 0.717) is 5.92 Å². The fourth-order valence-corrected chi connectivity index (χ4v) is 2.57. The molecule has 0 heterocycles. The third kappa shape index (κ3) is 4.57. The van der Waals surface area contributed by atoms with Crippen LogP contribution in [-0.2, 0) is 10.0 Å². The number of amides is 1. The van der Waals surface area contributed by atoms with Crippen LogP contribution in [-0.4, -0.2) is 20.4 Å². The Bertz CT molecular complexity index is 600. The Balaban J connectivity index is 2.95. The maximum Gasteiger partial charge on any atom is 0.251 e. The number of rotatable bonds is 5.